The van der Waals surface area contributed by atoms with E-state index in [0.29, 0.717) is 37.0 Å². The van der Waals surface area contributed by atoms with Crippen LogP contribution >= 0.6 is 0 Å². The van der Waals surface area contributed by atoms with E-state index < -0.39 is 10.0 Å². The van der Waals surface area contributed by atoms with Gasteiger partial charge in [-0.05, 0) is 37.5 Å². The fourth-order valence-corrected chi connectivity index (χ4v) is 4.53. The minimum Gasteiger partial charge on any atom is -0.352 e. The summed E-state index contributed by atoms with van der Waals surface area (Å²) in [6.07, 6.45) is 0. The molecule has 1 aliphatic rings. The zero-order valence-corrected chi connectivity index (χ0v) is 18.5. The molecule has 1 heterocycles. The summed E-state index contributed by atoms with van der Waals surface area (Å²) in [6.45, 7) is 9.52. The lowest BCUT2D eigenvalue weighted by Gasteiger charge is -2.33. The van der Waals surface area contributed by atoms with Crippen LogP contribution in [0.15, 0.2) is 29.2 Å². The normalized spacial score (nSPS) is 16.2. The van der Waals surface area contributed by atoms with Crippen LogP contribution in [0.4, 0.5) is 0 Å². The van der Waals surface area contributed by atoms with Crippen molar-refractivity contribution in [2.45, 2.75) is 44.6 Å². The zero-order chi connectivity index (χ0) is 21.6. The molecule has 1 fully saturated rings. The Morgan fingerprint density at radius 2 is 1.55 bits per heavy atom. The summed E-state index contributed by atoms with van der Waals surface area (Å²) in [7, 11) is -3.54. The van der Waals surface area contributed by atoms with E-state index in [1.165, 1.54) is 4.31 Å². The summed E-state index contributed by atoms with van der Waals surface area (Å²) in [6, 6.07) is 7.05. The van der Waals surface area contributed by atoms with E-state index in [4.69, 9.17) is 0 Å². The molecule has 1 saturated heterocycles. The highest BCUT2D eigenvalue weighted by atomic mass is 32.2. The third-order valence-corrected chi connectivity index (χ3v) is 6.69. The van der Waals surface area contributed by atoms with Gasteiger partial charge in [0.2, 0.25) is 21.8 Å². The van der Waals surface area contributed by atoms with Crippen molar-refractivity contribution in [3.05, 3.63) is 29.8 Å². The molecule has 2 amide bonds. The van der Waals surface area contributed by atoms with Gasteiger partial charge in [-0.1, -0.05) is 26.0 Å². The summed E-state index contributed by atoms with van der Waals surface area (Å²) in [5.41, 5.74) is 1.10. The van der Waals surface area contributed by atoms with Gasteiger partial charge in [0.1, 0.15) is 0 Å². The topological polar surface area (TPSA) is 98.8 Å². The Labute approximate surface area is 173 Å². The molecule has 1 aliphatic heterocycles. The molecule has 0 spiro atoms. The Kier molecular flexibility index (Phi) is 8.18. The molecule has 0 saturated carbocycles. The van der Waals surface area contributed by atoms with Crippen molar-refractivity contribution in [1.29, 1.82) is 0 Å². The molecular formula is C20H32N4O4S. The van der Waals surface area contributed by atoms with Crippen molar-refractivity contribution in [2.24, 2.45) is 0 Å². The number of rotatable bonds is 8. The maximum absolute atomic E-state index is 12.8. The molecule has 9 heteroatoms. The molecule has 2 N–H and O–H groups in total. The van der Waals surface area contributed by atoms with Crippen LogP contribution in [0.25, 0.3) is 0 Å². The van der Waals surface area contributed by atoms with E-state index >= 15 is 0 Å². The highest BCUT2D eigenvalue weighted by Crippen LogP contribution is 2.21. The summed E-state index contributed by atoms with van der Waals surface area (Å²) in [5, 5.41) is 5.30. The van der Waals surface area contributed by atoms with Gasteiger partial charge >= 0.3 is 0 Å². The van der Waals surface area contributed by atoms with Gasteiger partial charge < -0.3 is 10.6 Å². The molecule has 0 aliphatic carbocycles. The number of carbonyl (C=O) groups is 2. The molecule has 0 radical (unpaired) electrons. The molecule has 0 aromatic heterocycles. The van der Waals surface area contributed by atoms with Gasteiger partial charge in [0, 0.05) is 32.2 Å². The van der Waals surface area contributed by atoms with Crippen LogP contribution in [-0.2, 0) is 19.6 Å². The maximum Gasteiger partial charge on any atom is 0.243 e. The average molecular weight is 425 g/mol. The second kappa shape index (κ2) is 10.2. The first-order valence-electron chi connectivity index (χ1n) is 9.98. The lowest BCUT2D eigenvalue weighted by Crippen LogP contribution is -2.51. The fraction of sp³-hybridized carbons (Fsp3) is 0.600. The van der Waals surface area contributed by atoms with E-state index in [9.17, 15) is 18.0 Å². The van der Waals surface area contributed by atoms with Crippen molar-refractivity contribution < 1.29 is 18.0 Å². The lowest BCUT2D eigenvalue weighted by atomic mass is 10.0. The molecule has 1 aromatic rings. The van der Waals surface area contributed by atoms with Crippen LogP contribution in [-0.4, -0.2) is 74.7 Å². The Hall–Kier alpha value is -1.97. The SMILES string of the molecule is CC(C)NC(=O)CNC(=O)CN1CCN(S(=O)(=O)c2ccc(C(C)C)cc2)CC1. The second-order valence-corrected chi connectivity index (χ2v) is 9.84. The van der Waals surface area contributed by atoms with Crippen LogP contribution in [0.3, 0.4) is 0 Å². The largest absolute Gasteiger partial charge is 0.352 e. The third kappa shape index (κ3) is 6.80. The number of nitrogens with one attached hydrogen (secondary N) is 2. The molecule has 0 bridgehead atoms. The summed E-state index contributed by atoms with van der Waals surface area (Å²) < 4.78 is 27.2. The second-order valence-electron chi connectivity index (χ2n) is 7.90. The van der Waals surface area contributed by atoms with Crippen LogP contribution in [0.5, 0.6) is 0 Å². The molecule has 162 valence electrons. The number of hydrogen-bond donors (Lipinski definition) is 2. The van der Waals surface area contributed by atoms with Crippen molar-refractivity contribution in [1.82, 2.24) is 19.8 Å². The van der Waals surface area contributed by atoms with Crippen molar-refractivity contribution in [2.75, 3.05) is 39.3 Å². The highest BCUT2D eigenvalue weighted by Gasteiger charge is 2.29. The van der Waals surface area contributed by atoms with Crippen molar-refractivity contribution in [3.63, 3.8) is 0 Å². The predicted molar refractivity (Wildman–Crippen MR) is 112 cm³/mol. The predicted octanol–water partition coefficient (Wildman–Crippen LogP) is 0.757. The Morgan fingerprint density at radius 1 is 0.966 bits per heavy atom. The number of carbonyl (C=O) groups excluding carboxylic acids is 2. The fourth-order valence-electron chi connectivity index (χ4n) is 3.11. The van der Waals surface area contributed by atoms with Gasteiger partial charge in [-0.15, -0.1) is 0 Å². The molecule has 2 rings (SSSR count). The monoisotopic (exact) mass is 424 g/mol. The van der Waals surface area contributed by atoms with Crippen LogP contribution in [0.2, 0.25) is 0 Å². The Bertz CT molecular complexity index is 798. The molecule has 8 nitrogen and oxygen atoms in total. The van der Waals surface area contributed by atoms with Crippen molar-refractivity contribution >= 4 is 21.8 Å². The molecule has 1 aromatic carbocycles. The Morgan fingerprint density at radius 3 is 2.07 bits per heavy atom. The lowest BCUT2D eigenvalue weighted by molar-refractivity contribution is -0.127. The minimum absolute atomic E-state index is 0.0241. The first kappa shape index (κ1) is 23.3. The number of amides is 2. The summed E-state index contributed by atoms with van der Waals surface area (Å²) in [5.74, 6) is -0.130. The standard InChI is InChI=1S/C20H32N4O4S/c1-15(2)17-5-7-18(8-6-17)29(27,28)24-11-9-23(10-12-24)14-20(26)21-13-19(25)22-16(3)4/h5-8,15-16H,9-14H2,1-4H3,(H,21,26)(H,22,25). The van der Waals surface area contributed by atoms with Crippen LogP contribution in [0, 0.1) is 0 Å². The van der Waals surface area contributed by atoms with E-state index in [-0.39, 0.29) is 30.9 Å². The first-order valence-corrected chi connectivity index (χ1v) is 11.4. The van der Waals surface area contributed by atoms with Crippen LogP contribution in [0.1, 0.15) is 39.2 Å². The molecular weight excluding hydrogens is 392 g/mol. The summed E-state index contributed by atoms with van der Waals surface area (Å²) in [4.78, 5) is 25.8. The third-order valence-electron chi connectivity index (χ3n) is 4.78. The van der Waals surface area contributed by atoms with Gasteiger partial charge in [-0.2, -0.15) is 4.31 Å². The Balaban J connectivity index is 1.83. The van der Waals surface area contributed by atoms with Crippen LogP contribution < -0.4 is 10.6 Å². The highest BCUT2D eigenvalue weighted by molar-refractivity contribution is 7.89. The number of nitrogens with zero attached hydrogens (tertiary/aromatic N) is 2. The maximum atomic E-state index is 12.8. The number of benzene rings is 1. The quantitative estimate of drug-likeness (QED) is 0.642. The molecule has 0 unspecified atom stereocenters. The van der Waals surface area contributed by atoms with E-state index in [2.05, 4.69) is 24.5 Å². The van der Waals surface area contributed by atoms with Crippen molar-refractivity contribution in [3.8, 4) is 0 Å². The smallest absolute Gasteiger partial charge is 0.243 e. The number of piperazine rings is 1. The van der Waals surface area contributed by atoms with E-state index in [1.54, 1.807) is 12.1 Å². The summed E-state index contributed by atoms with van der Waals surface area (Å²) >= 11 is 0. The zero-order valence-electron chi connectivity index (χ0n) is 17.6. The first-order chi connectivity index (χ1) is 13.6. The average Bonchev–Trinajstić information content (AvgIpc) is 2.66. The van der Waals surface area contributed by atoms with Gasteiger partial charge in [0.15, 0.2) is 0 Å². The van der Waals surface area contributed by atoms with E-state index in [0.717, 1.165) is 5.56 Å². The van der Waals surface area contributed by atoms with Gasteiger partial charge in [0.05, 0.1) is 18.0 Å². The van der Waals surface area contributed by atoms with Gasteiger partial charge in [-0.25, -0.2) is 8.42 Å². The minimum atomic E-state index is -3.54. The number of hydrogen-bond acceptors (Lipinski definition) is 5. The van der Waals surface area contributed by atoms with Gasteiger partial charge in [-0.3, -0.25) is 14.5 Å². The van der Waals surface area contributed by atoms with Gasteiger partial charge in [0.25, 0.3) is 0 Å². The molecule has 0 atom stereocenters. The van der Waals surface area contributed by atoms with E-state index in [1.807, 2.05) is 30.9 Å². The number of sulfonamides is 1. The molecule has 29 heavy (non-hydrogen) atoms.